The molecule has 0 saturated heterocycles. The predicted molar refractivity (Wildman–Crippen MR) is 88.3 cm³/mol. The lowest BCUT2D eigenvalue weighted by Gasteiger charge is -2.20. The van der Waals surface area contributed by atoms with E-state index in [-0.39, 0.29) is 11.5 Å². The molecule has 2 N–H and O–H groups in total. The Bertz CT molecular complexity index is 729. The van der Waals surface area contributed by atoms with Gasteiger partial charge in [0.05, 0.1) is 21.8 Å². The van der Waals surface area contributed by atoms with Gasteiger partial charge in [-0.2, -0.15) is 5.10 Å². The van der Waals surface area contributed by atoms with Gasteiger partial charge in [0.25, 0.3) is 5.91 Å². The lowest BCUT2D eigenvalue weighted by molar-refractivity contribution is 0.0697. The van der Waals surface area contributed by atoms with E-state index in [9.17, 15) is 9.59 Å². The van der Waals surface area contributed by atoms with Crippen molar-refractivity contribution < 1.29 is 14.7 Å². The number of hydrogen-bond acceptors (Lipinski definition) is 4. The molecule has 1 fully saturated rings. The van der Waals surface area contributed by atoms with Crippen LogP contribution in [0.25, 0.3) is 0 Å². The van der Waals surface area contributed by atoms with Crippen LogP contribution < -0.4 is 5.32 Å². The lowest BCUT2D eigenvalue weighted by Crippen LogP contribution is -2.13. The molecule has 0 radical (unpaired) electrons. The SMILES string of the molecule is Cn1cc(NC(=O)c2cc(C(=O)O)cs2)c(C2CCCCC2)n1. The highest BCUT2D eigenvalue weighted by molar-refractivity contribution is 7.12. The number of carboxylic acid groups (broad SMARTS) is 1. The minimum Gasteiger partial charge on any atom is -0.478 e. The molecule has 1 aliphatic carbocycles. The Morgan fingerprint density at radius 3 is 2.74 bits per heavy atom. The second-order valence-corrected chi connectivity index (χ2v) is 6.81. The third-order valence-corrected chi connectivity index (χ3v) is 5.10. The Labute approximate surface area is 138 Å². The van der Waals surface area contributed by atoms with Crippen LogP contribution in [0.2, 0.25) is 0 Å². The van der Waals surface area contributed by atoms with Gasteiger partial charge in [-0.1, -0.05) is 19.3 Å². The highest BCUT2D eigenvalue weighted by atomic mass is 32.1. The van der Waals surface area contributed by atoms with Crippen molar-refractivity contribution in [2.75, 3.05) is 5.32 Å². The third kappa shape index (κ3) is 3.44. The van der Waals surface area contributed by atoms with Crippen LogP contribution in [0.15, 0.2) is 17.6 Å². The van der Waals surface area contributed by atoms with Crippen molar-refractivity contribution in [3.05, 3.63) is 33.8 Å². The average molecular weight is 333 g/mol. The van der Waals surface area contributed by atoms with Crippen molar-refractivity contribution in [2.24, 2.45) is 7.05 Å². The highest BCUT2D eigenvalue weighted by Gasteiger charge is 2.23. The zero-order valence-corrected chi connectivity index (χ0v) is 13.7. The molecular weight excluding hydrogens is 314 g/mol. The molecule has 2 heterocycles. The summed E-state index contributed by atoms with van der Waals surface area (Å²) in [6, 6.07) is 1.40. The molecule has 1 aliphatic rings. The van der Waals surface area contributed by atoms with Gasteiger partial charge in [0.2, 0.25) is 0 Å². The summed E-state index contributed by atoms with van der Waals surface area (Å²) in [7, 11) is 1.84. The maximum Gasteiger partial charge on any atom is 0.336 e. The fraction of sp³-hybridized carbons (Fsp3) is 0.438. The van der Waals surface area contributed by atoms with E-state index in [1.807, 2.05) is 13.2 Å². The first-order valence-corrected chi connectivity index (χ1v) is 8.59. The Morgan fingerprint density at radius 2 is 2.09 bits per heavy atom. The number of carboxylic acids is 1. The number of rotatable bonds is 4. The molecule has 7 heteroatoms. The van der Waals surface area contributed by atoms with Crippen LogP contribution in [-0.4, -0.2) is 26.8 Å². The van der Waals surface area contributed by atoms with Crippen molar-refractivity contribution in [2.45, 2.75) is 38.0 Å². The summed E-state index contributed by atoms with van der Waals surface area (Å²) in [6.45, 7) is 0. The molecule has 6 nitrogen and oxygen atoms in total. The topological polar surface area (TPSA) is 84.2 Å². The number of aryl methyl sites for hydroxylation is 1. The van der Waals surface area contributed by atoms with Crippen LogP contribution in [0.4, 0.5) is 5.69 Å². The second kappa shape index (κ2) is 6.54. The van der Waals surface area contributed by atoms with Crippen LogP contribution >= 0.6 is 11.3 Å². The first-order chi connectivity index (χ1) is 11.0. The van der Waals surface area contributed by atoms with Crippen LogP contribution in [0, 0.1) is 0 Å². The fourth-order valence-corrected chi connectivity index (χ4v) is 3.81. The highest BCUT2D eigenvalue weighted by Crippen LogP contribution is 2.35. The molecule has 1 amide bonds. The molecule has 0 aromatic carbocycles. The standard InChI is InChI=1S/C16H19N3O3S/c1-19-8-12(14(18-19)10-5-3-2-4-6-10)17-15(20)13-7-11(9-23-13)16(21)22/h7-10H,2-6H2,1H3,(H,17,20)(H,21,22). The summed E-state index contributed by atoms with van der Waals surface area (Å²) in [6.07, 6.45) is 7.67. The maximum atomic E-state index is 12.4. The van der Waals surface area contributed by atoms with Gasteiger partial charge in [0, 0.05) is 24.5 Å². The van der Waals surface area contributed by atoms with Gasteiger partial charge in [0.1, 0.15) is 0 Å². The van der Waals surface area contributed by atoms with Gasteiger partial charge < -0.3 is 10.4 Å². The van der Waals surface area contributed by atoms with Crippen LogP contribution in [0.5, 0.6) is 0 Å². The van der Waals surface area contributed by atoms with Crippen molar-refractivity contribution >= 4 is 28.9 Å². The number of anilines is 1. The number of thiophene rings is 1. The van der Waals surface area contributed by atoms with E-state index in [0.717, 1.165) is 35.6 Å². The summed E-state index contributed by atoms with van der Waals surface area (Å²) >= 11 is 1.13. The first kappa shape index (κ1) is 15.7. The number of aromatic carboxylic acids is 1. The van der Waals surface area contributed by atoms with Gasteiger partial charge in [-0.15, -0.1) is 11.3 Å². The zero-order chi connectivity index (χ0) is 16.4. The van der Waals surface area contributed by atoms with E-state index in [1.54, 1.807) is 4.68 Å². The summed E-state index contributed by atoms with van der Waals surface area (Å²) in [5.41, 5.74) is 1.81. The van der Waals surface area contributed by atoms with Gasteiger partial charge in [-0.05, 0) is 18.9 Å². The minimum absolute atomic E-state index is 0.138. The minimum atomic E-state index is -1.02. The quantitative estimate of drug-likeness (QED) is 0.897. The van der Waals surface area contributed by atoms with Gasteiger partial charge in [0.15, 0.2) is 0 Å². The molecule has 1 saturated carbocycles. The molecule has 2 aromatic heterocycles. The smallest absolute Gasteiger partial charge is 0.336 e. The van der Waals surface area contributed by atoms with E-state index in [2.05, 4.69) is 10.4 Å². The number of hydrogen-bond donors (Lipinski definition) is 2. The van der Waals surface area contributed by atoms with E-state index < -0.39 is 5.97 Å². The number of aromatic nitrogens is 2. The molecular formula is C16H19N3O3S. The fourth-order valence-electron chi connectivity index (χ4n) is 3.03. The number of nitrogens with one attached hydrogen (secondary N) is 1. The molecule has 0 aliphatic heterocycles. The Hall–Kier alpha value is -2.15. The Kier molecular flexibility index (Phi) is 4.47. The second-order valence-electron chi connectivity index (χ2n) is 5.90. The van der Waals surface area contributed by atoms with Gasteiger partial charge >= 0.3 is 5.97 Å². The summed E-state index contributed by atoms with van der Waals surface area (Å²) in [5.74, 6) is -0.921. The first-order valence-electron chi connectivity index (χ1n) is 7.71. The van der Waals surface area contributed by atoms with Crippen molar-refractivity contribution in [3.63, 3.8) is 0 Å². The van der Waals surface area contributed by atoms with E-state index in [1.165, 1.54) is 30.7 Å². The third-order valence-electron chi connectivity index (χ3n) is 4.17. The van der Waals surface area contributed by atoms with Gasteiger partial charge in [-0.25, -0.2) is 4.79 Å². The number of carbonyl (C=O) groups excluding carboxylic acids is 1. The Morgan fingerprint density at radius 1 is 1.35 bits per heavy atom. The molecule has 0 spiro atoms. The molecule has 0 atom stereocenters. The van der Waals surface area contributed by atoms with Crippen molar-refractivity contribution in [3.8, 4) is 0 Å². The normalized spacial score (nSPS) is 15.5. The summed E-state index contributed by atoms with van der Waals surface area (Å²) in [4.78, 5) is 23.7. The number of amides is 1. The average Bonchev–Trinajstić information content (AvgIpc) is 3.15. The summed E-state index contributed by atoms with van der Waals surface area (Å²) in [5, 5.41) is 17.8. The zero-order valence-electron chi connectivity index (χ0n) is 12.9. The van der Waals surface area contributed by atoms with E-state index in [0.29, 0.717) is 10.8 Å². The maximum absolute atomic E-state index is 12.4. The molecule has 0 bridgehead atoms. The van der Waals surface area contributed by atoms with Crippen LogP contribution in [0.1, 0.15) is 63.7 Å². The van der Waals surface area contributed by atoms with E-state index >= 15 is 0 Å². The molecule has 23 heavy (non-hydrogen) atoms. The monoisotopic (exact) mass is 333 g/mol. The molecule has 122 valence electrons. The Balaban J connectivity index is 1.78. The van der Waals surface area contributed by atoms with Crippen LogP contribution in [-0.2, 0) is 7.05 Å². The number of nitrogens with zero attached hydrogens (tertiary/aromatic N) is 2. The van der Waals surface area contributed by atoms with Crippen LogP contribution in [0.3, 0.4) is 0 Å². The molecule has 2 aromatic rings. The van der Waals surface area contributed by atoms with Crippen molar-refractivity contribution in [1.82, 2.24) is 9.78 Å². The molecule has 0 unspecified atom stereocenters. The van der Waals surface area contributed by atoms with Crippen molar-refractivity contribution in [1.29, 1.82) is 0 Å². The molecule has 3 rings (SSSR count). The van der Waals surface area contributed by atoms with Gasteiger partial charge in [-0.3, -0.25) is 9.48 Å². The van der Waals surface area contributed by atoms with E-state index in [4.69, 9.17) is 5.11 Å². The predicted octanol–water partition coefficient (Wildman–Crippen LogP) is 3.48. The number of carbonyl (C=O) groups is 2. The lowest BCUT2D eigenvalue weighted by atomic mass is 9.86. The summed E-state index contributed by atoms with van der Waals surface area (Å²) < 4.78 is 1.72. The largest absolute Gasteiger partial charge is 0.478 e.